The van der Waals surface area contributed by atoms with Crippen molar-refractivity contribution in [3.05, 3.63) is 58.7 Å². The Balaban J connectivity index is 2.88. The van der Waals surface area contributed by atoms with Crippen LogP contribution in [0, 0.1) is 45.3 Å². The van der Waals surface area contributed by atoms with Crippen LogP contribution in [-0.4, -0.2) is 8.42 Å². The third-order valence-corrected chi connectivity index (χ3v) is 4.93. The van der Waals surface area contributed by atoms with E-state index in [1.807, 2.05) is 0 Å². The fraction of sp³-hybridized carbons (Fsp3) is 0. The number of rotatable bonds is 2. The summed E-state index contributed by atoms with van der Waals surface area (Å²) in [6.45, 7) is 0. The van der Waals surface area contributed by atoms with Crippen LogP contribution < -0.4 is 0 Å². The lowest BCUT2D eigenvalue weighted by Gasteiger charge is -2.09. The highest BCUT2D eigenvalue weighted by molar-refractivity contribution is 7.91. The minimum absolute atomic E-state index is 0.0801. The van der Waals surface area contributed by atoms with Gasteiger partial charge in [0, 0.05) is 0 Å². The standard InChI is InChI=1S/C16H6N4O2S/c17-7-11-3-1-5-15(13(11)9-19)23(21,22)16-6-2-4-12(8-18)14(16)10-20/h1-6H. The average molecular weight is 318 g/mol. The van der Waals surface area contributed by atoms with Gasteiger partial charge in [0.05, 0.1) is 32.0 Å². The van der Waals surface area contributed by atoms with E-state index in [1.165, 1.54) is 36.4 Å². The highest BCUT2D eigenvalue weighted by Crippen LogP contribution is 2.29. The molecule has 108 valence electrons. The van der Waals surface area contributed by atoms with E-state index in [9.17, 15) is 18.9 Å². The van der Waals surface area contributed by atoms with Gasteiger partial charge in [0.25, 0.3) is 0 Å². The third kappa shape index (κ3) is 2.49. The minimum Gasteiger partial charge on any atom is -0.218 e. The zero-order valence-electron chi connectivity index (χ0n) is 11.5. The zero-order valence-corrected chi connectivity index (χ0v) is 12.3. The summed E-state index contributed by atoms with van der Waals surface area (Å²) in [5, 5.41) is 36.4. The van der Waals surface area contributed by atoms with Crippen molar-refractivity contribution in [1.82, 2.24) is 0 Å². The lowest BCUT2D eigenvalue weighted by molar-refractivity contribution is 0.595. The van der Waals surface area contributed by atoms with Crippen LogP contribution in [0.5, 0.6) is 0 Å². The van der Waals surface area contributed by atoms with Gasteiger partial charge < -0.3 is 0 Å². The summed E-state index contributed by atoms with van der Waals surface area (Å²) in [4.78, 5) is -0.740. The van der Waals surface area contributed by atoms with E-state index < -0.39 is 9.84 Å². The second-order valence-corrected chi connectivity index (χ2v) is 6.19. The smallest absolute Gasteiger partial charge is 0.209 e. The number of nitrogens with zero attached hydrogens (tertiary/aromatic N) is 4. The number of hydrogen-bond acceptors (Lipinski definition) is 6. The van der Waals surface area contributed by atoms with Crippen molar-refractivity contribution in [1.29, 1.82) is 21.0 Å². The van der Waals surface area contributed by atoms with Gasteiger partial charge in [-0.05, 0) is 24.3 Å². The van der Waals surface area contributed by atoms with Crippen LogP contribution in [0.2, 0.25) is 0 Å². The Morgan fingerprint density at radius 3 is 1.35 bits per heavy atom. The molecule has 0 amide bonds. The van der Waals surface area contributed by atoms with Gasteiger partial charge in [-0.1, -0.05) is 12.1 Å². The lowest BCUT2D eigenvalue weighted by atomic mass is 10.1. The lowest BCUT2D eigenvalue weighted by Crippen LogP contribution is -2.08. The molecule has 0 unspecified atom stereocenters. The summed E-state index contributed by atoms with van der Waals surface area (Å²) in [5.41, 5.74) is -0.741. The Morgan fingerprint density at radius 2 is 1.04 bits per heavy atom. The first-order valence-corrected chi connectivity index (χ1v) is 7.61. The Morgan fingerprint density at radius 1 is 0.652 bits per heavy atom. The summed E-state index contributed by atoms with van der Waals surface area (Å²) in [7, 11) is -4.24. The second-order valence-electron chi connectivity index (χ2n) is 4.31. The molecule has 6 nitrogen and oxygen atoms in total. The van der Waals surface area contributed by atoms with Crippen molar-refractivity contribution in [2.45, 2.75) is 9.79 Å². The van der Waals surface area contributed by atoms with Crippen molar-refractivity contribution in [3.8, 4) is 24.3 Å². The summed E-state index contributed by atoms with van der Waals surface area (Å²) in [6.07, 6.45) is 0. The van der Waals surface area contributed by atoms with Gasteiger partial charge in [-0.3, -0.25) is 0 Å². The van der Waals surface area contributed by atoms with Crippen LogP contribution in [0.15, 0.2) is 46.2 Å². The van der Waals surface area contributed by atoms with Crippen LogP contribution in [0.4, 0.5) is 0 Å². The fourth-order valence-electron chi connectivity index (χ4n) is 2.05. The minimum atomic E-state index is -4.24. The number of hydrogen-bond donors (Lipinski definition) is 0. The quantitative estimate of drug-likeness (QED) is 0.832. The van der Waals surface area contributed by atoms with Gasteiger partial charge in [0.1, 0.15) is 24.3 Å². The Labute approximate surface area is 132 Å². The molecule has 0 radical (unpaired) electrons. The van der Waals surface area contributed by atoms with Gasteiger partial charge in [-0.25, -0.2) is 8.42 Å². The summed E-state index contributed by atoms with van der Waals surface area (Å²) in [5.74, 6) is 0. The number of nitriles is 4. The van der Waals surface area contributed by atoms with Crippen molar-refractivity contribution < 1.29 is 8.42 Å². The summed E-state index contributed by atoms with van der Waals surface area (Å²) in [6, 6.07) is 14.6. The zero-order chi connectivity index (χ0) is 17.0. The first-order chi connectivity index (χ1) is 11.0. The number of sulfone groups is 1. The van der Waals surface area contributed by atoms with Gasteiger partial charge in [0.15, 0.2) is 0 Å². The maximum absolute atomic E-state index is 12.8. The maximum atomic E-state index is 12.8. The molecule has 0 aromatic heterocycles. The predicted molar refractivity (Wildman–Crippen MR) is 77.2 cm³/mol. The van der Waals surface area contributed by atoms with E-state index in [-0.39, 0.29) is 32.0 Å². The largest absolute Gasteiger partial charge is 0.218 e. The maximum Gasteiger partial charge on any atom is 0.209 e. The number of benzene rings is 2. The normalized spacial score (nSPS) is 9.91. The summed E-state index contributed by atoms with van der Waals surface area (Å²) >= 11 is 0. The van der Waals surface area contributed by atoms with Crippen molar-refractivity contribution >= 4 is 9.84 Å². The van der Waals surface area contributed by atoms with Gasteiger partial charge in [0.2, 0.25) is 9.84 Å². The van der Waals surface area contributed by atoms with Crippen molar-refractivity contribution in [3.63, 3.8) is 0 Å². The monoisotopic (exact) mass is 318 g/mol. The molecule has 0 spiro atoms. The van der Waals surface area contributed by atoms with Crippen LogP contribution in [-0.2, 0) is 9.84 Å². The Hall–Kier alpha value is -3.65. The predicted octanol–water partition coefficient (Wildman–Crippen LogP) is 2.01. The molecule has 0 aliphatic carbocycles. The molecule has 2 aromatic carbocycles. The molecule has 0 saturated heterocycles. The molecule has 0 fully saturated rings. The van der Waals surface area contributed by atoms with E-state index in [4.69, 9.17) is 10.5 Å². The molecule has 0 heterocycles. The molecule has 0 N–H and O–H groups in total. The highest BCUT2D eigenvalue weighted by Gasteiger charge is 2.27. The molecule has 0 bridgehead atoms. The van der Waals surface area contributed by atoms with Gasteiger partial charge >= 0.3 is 0 Å². The van der Waals surface area contributed by atoms with Crippen molar-refractivity contribution in [2.24, 2.45) is 0 Å². The summed E-state index contributed by atoms with van der Waals surface area (Å²) < 4.78 is 25.6. The molecule has 0 atom stereocenters. The Kier molecular flexibility index (Phi) is 4.10. The molecule has 0 aliphatic heterocycles. The molecule has 0 saturated carbocycles. The molecule has 2 aromatic rings. The van der Waals surface area contributed by atoms with E-state index in [0.29, 0.717) is 0 Å². The van der Waals surface area contributed by atoms with Crippen molar-refractivity contribution in [2.75, 3.05) is 0 Å². The van der Waals surface area contributed by atoms with E-state index >= 15 is 0 Å². The van der Waals surface area contributed by atoms with Gasteiger partial charge in [-0.2, -0.15) is 21.0 Å². The Bertz CT molecular complexity index is 994. The molecule has 0 aliphatic rings. The first-order valence-electron chi connectivity index (χ1n) is 6.12. The SMILES string of the molecule is N#Cc1cccc(S(=O)(=O)c2cccc(C#N)c2C#N)c1C#N. The van der Waals surface area contributed by atoms with E-state index in [2.05, 4.69) is 0 Å². The van der Waals surface area contributed by atoms with Crippen LogP contribution in [0.1, 0.15) is 22.3 Å². The molecule has 23 heavy (non-hydrogen) atoms. The topological polar surface area (TPSA) is 129 Å². The highest BCUT2D eigenvalue weighted by atomic mass is 32.2. The molecular formula is C16H6N4O2S. The molecule has 7 heteroatoms. The van der Waals surface area contributed by atoms with Crippen LogP contribution in [0.25, 0.3) is 0 Å². The van der Waals surface area contributed by atoms with Crippen LogP contribution >= 0.6 is 0 Å². The van der Waals surface area contributed by atoms with E-state index in [1.54, 1.807) is 24.3 Å². The average Bonchev–Trinajstić information content (AvgIpc) is 2.59. The first kappa shape index (κ1) is 15.7. The molecular weight excluding hydrogens is 312 g/mol. The van der Waals surface area contributed by atoms with Crippen LogP contribution in [0.3, 0.4) is 0 Å². The third-order valence-electron chi connectivity index (χ3n) is 3.10. The second kappa shape index (κ2) is 6.00. The van der Waals surface area contributed by atoms with Gasteiger partial charge in [-0.15, -0.1) is 0 Å². The fourth-order valence-corrected chi connectivity index (χ4v) is 3.65. The molecule has 2 rings (SSSR count). The van der Waals surface area contributed by atoms with E-state index in [0.717, 1.165) is 0 Å².